The summed E-state index contributed by atoms with van der Waals surface area (Å²) in [6, 6.07) is 0.323. The van der Waals surface area contributed by atoms with Gasteiger partial charge in [0.25, 0.3) is 0 Å². The molecule has 1 unspecified atom stereocenters. The van der Waals surface area contributed by atoms with Crippen LogP contribution in [0.5, 0.6) is 0 Å². The molecule has 0 saturated carbocycles. The Morgan fingerprint density at radius 3 is 2.62 bits per heavy atom. The molecule has 0 spiro atoms. The number of amides is 1. The number of sulfone groups is 1. The standard InChI is InChI=1S/C7H14N2O3S/c1-13(11,12)5-7(10)9-4-6-2-3-8-6/h6,8H,2-5H2,1H3,(H,9,10). The molecule has 0 bridgehead atoms. The van der Waals surface area contributed by atoms with Gasteiger partial charge in [0, 0.05) is 18.8 Å². The van der Waals surface area contributed by atoms with Crippen molar-refractivity contribution in [3.8, 4) is 0 Å². The summed E-state index contributed by atoms with van der Waals surface area (Å²) in [5.74, 6) is -0.837. The lowest BCUT2D eigenvalue weighted by Crippen LogP contribution is -2.50. The molecule has 1 aliphatic heterocycles. The minimum absolute atomic E-state index is 0.323. The molecular formula is C7H14N2O3S. The normalized spacial score (nSPS) is 22.1. The summed E-state index contributed by atoms with van der Waals surface area (Å²) in [6.45, 7) is 1.50. The predicted octanol–water partition coefficient (Wildman–Crippen LogP) is -1.49. The minimum atomic E-state index is -3.19. The molecule has 1 rings (SSSR count). The largest absolute Gasteiger partial charge is 0.354 e. The highest BCUT2D eigenvalue weighted by atomic mass is 32.2. The van der Waals surface area contributed by atoms with Crippen LogP contribution in [0.1, 0.15) is 6.42 Å². The maximum absolute atomic E-state index is 11.0. The van der Waals surface area contributed by atoms with E-state index in [1.807, 2.05) is 0 Å². The van der Waals surface area contributed by atoms with Gasteiger partial charge < -0.3 is 10.6 Å². The average molecular weight is 206 g/mol. The molecule has 0 aromatic rings. The van der Waals surface area contributed by atoms with Crippen LogP contribution in [-0.2, 0) is 14.6 Å². The quantitative estimate of drug-likeness (QED) is 0.587. The number of hydrogen-bond donors (Lipinski definition) is 2. The number of carbonyl (C=O) groups is 1. The van der Waals surface area contributed by atoms with Crippen molar-refractivity contribution in [1.29, 1.82) is 0 Å². The molecule has 0 aromatic heterocycles. The third-order valence-electron chi connectivity index (χ3n) is 1.86. The Labute approximate surface area is 77.8 Å². The van der Waals surface area contributed by atoms with Crippen LogP contribution in [0.3, 0.4) is 0 Å². The van der Waals surface area contributed by atoms with Crippen LogP contribution < -0.4 is 10.6 Å². The van der Waals surface area contributed by atoms with E-state index in [1.54, 1.807) is 0 Å². The molecule has 1 saturated heterocycles. The Morgan fingerprint density at radius 2 is 2.23 bits per heavy atom. The lowest BCUT2D eigenvalue weighted by atomic mass is 10.1. The van der Waals surface area contributed by atoms with Crippen molar-refractivity contribution in [3.63, 3.8) is 0 Å². The zero-order valence-electron chi connectivity index (χ0n) is 7.54. The van der Waals surface area contributed by atoms with E-state index in [9.17, 15) is 13.2 Å². The molecule has 1 aliphatic rings. The zero-order valence-corrected chi connectivity index (χ0v) is 8.36. The summed E-state index contributed by atoms with van der Waals surface area (Å²) < 4.78 is 21.4. The molecule has 2 N–H and O–H groups in total. The molecule has 0 radical (unpaired) electrons. The first-order chi connectivity index (χ1) is 5.97. The Balaban J connectivity index is 2.17. The third-order valence-corrected chi connectivity index (χ3v) is 2.65. The van der Waals surface area contributed by atoms with Crippen LogP contribution in [0.4, 0.5) is 0 Å². The van der Waals surface area contributed by atoms with E-state index in [1.165, 1.54) is 0 Å². The van der Waals surface area contributed by atoms with Gasteiger partial charge in [-0.25, -0.2) is 8.42 Å². The molecule has 0 aliphatic carbocycles. The number of rotatable bonds is 4. The first-order valence-electron chi connectivity index (χ1n) is 4.15. The predicted molar refractivity (Wildman–Crippen MR) is 49.1 cm³/mol. The second kappa shape index (κ2) is 4.06. The summed E-state index contributed by atoms with van der Waals surface area (Å²) >= 11 is 0. The first-order valence-corrected chi connectivity index (χ1v) is 6.21. The maximum Gasteiger partial charge on any atom is 0.235 e. The van der Waals surface area contributed by atoms with Gasteiger partial charge >= 0.3 is 0 Å². The average Bonchev–Trinajstić information content (AvgIpc) is 1.78. The molecule has 76 valence electrons. The van der Waals surface area contributed by atoms with Gasteiger partial charge in [0.05, 0.1) is 0 Å². The molecule has 0 aromatic carbocycles. The SMILES string of the molecule is CS(=O)(=O)CC(=O)NCC1CCN1. The van der Waals surface area contributed by atoms with E-state index in [4.69, 9.17) is 0 Å². The summed E-state index contributed by atoms with van der Waals surface area (Å²) in [7, 11) is -3.19. The second-order valence-corrected chi connectivity index (χ2v) is 5.45. The van der Waals surface area contributed by atoms with Crippen LogP contribution >= 0.6 is 0 Å². The fraction of sp³-hybridized carbons (Fsp3) is 0.857. The van der Waals surface area contributed by atoms with Gasteiger partial charge in [0.1, 0.15) is 5.75 Å². The Bertz CT molecular complexity index is 282. The lowest BCUT2D eigenvalue weighted by molar-refractivity contribution is -0.118. The Morgan fingerprint density at radius 1 is 1.62 bits per heavy atom. The van der Waals surface area contributed by atoms with Crippen molar-refractivity contribution in [2.75, 3.05) is 25.1 Å². The van der Waals surface area contributed by atoms with Crippen molar-refractivity contribution in [3.05, 3.63) is 0 Å². The fourth-order valence-electron chi connectivity index (χ4n) is 1.05. The highest BCUT2D eigenvalue weighted by Gasteiger charge is 2.17. The molecule has 1 fully saturated rings. The van der Waals surface area contributed by atoms with E-state index in [0.29, 0.717) is 12.6 Å². The van der Waals surface area contributed by atoms with E-state index < -0.39 is 21.5 Å². The smallest absolute Gasteiger partial charge is 0.235 e. The van der Waals surface area contributed by atoms with E-state index in [-0.39, 0.29) is 0 Å². The monoisotopic (exact) mass is 206 g/mol. The van der Waals surface area contributed by atoms with Gasteiger partial charge in [-0.1, -0.05) is 0 Å². The topological polar surface area (TPSA) is 75.3 Å². The van der Waals surface area contributed by atoms with Crippen molar-refractivity contribution in [2.24, 2.45) is 0 Å². The summed E-state index contributed by atoms with van der Waals surface area (Å²) in [5, 5.41) is 5.66. The molecular weight excluding hydrogens is 192 g/mol. The maximum atomic E-state index is 11.0. The Kier molecular flexibility index (Phi) is 3.27. The van der Waals surface area contributed by atoms with Crippen molar-refractivity contribution >= 4 is 15.7 Å². The molecule has 5 nitrogen and oxygen atoms in total. The number of hydrogen-bond acceptors (Lipinski definition) is 4. The Hall–Kier alpha value is -0.620. The van der Waals surface area contributed by atoms with Gasteiger partial charge in [-0.3, -0.25) is 4.79 Å². The van der Waals surface area contributed by atoms with Gasteiger partial charge in [0.15, 0.2) is 9.84 Å². The van der Waals surface area contributed by atoms with Crippen LogP contribution in [0.25, 0.3) is 0 Å². The van der Waals surface area contributed by atoms with Crippen LogP contribution in [-0.4, -0.2) is 45.5 Å². The van der Waals surface area contributed by atoms with Gasteiger partial charge in [-0.2, -0.15) is 0 Å². The highest BCUT2D eigenvalue weighted by Crippen LogP contribution is 1.98. The first kappa shape index (κ1) is 10.5. The molecule has 13 heavy (non-hydrogen) atoms. The molecule has 1 atom stereocenters. The number of carbonyl (C=O) groups excluding carboxylic acids is 1. The second-order valence-electron chi connectivity index (χ2n) is 3.31. The van der Waals surface area contributed by atoms with Crippen molar-refractivity contribution in [2.45, 2.75) is 12.5 Å². The van der Waals surface area contributed by atoms with Crippen LogP contribution in [0.2, 0.25) is 0 Å². The fourth-order valence-corrected chi connectivity index (χ4v) is 1.63. The lowest BCUT2D eigenvalue weighted by Gasteiger charge is -2.27. The third kappa shape index (κ3) is 4.23. The summed E-state index contributed by atoms with van der Waals surface area (Å²) in [5.41, 5.74) is 0. The molecule has 1 heterocycles. The molecule has 6 heteroatoms. The number of nitrogens with one attached hydrogen (secondary N) is 2. The van der Waals surface area contributed by atoms with E-state index in [0.717, 1.165) is 19.2 Å². The highest BCUT2D eigenvalue weighted by molar-refractivity contribution is 7.91. The summed E-state index contributed by atoms with van der Waals surface area (Å²) in [4.78, 5) is 11.0. The van der Waals surface area contributed by atoms with E-state index in [2.05, 4.69) is 10.6 Å². The van der Waals surface area contributed by atoms with Crippen LogP contribution in [0.15, 0.2) is 0 Å². The van der Waals surface area contributed by atoms with E-state index >= 15 is 0 Å². The van der Waals surface area contributed by atoms with Gasteiger partial charge in [0.2, 0.25) is 5.91 Å². The van der Waals surface area contributed by atoms with Crippen molar-refractivity contribution < 1.29 is 13.2 Å². The van der Waals surface area contributed by atoms with Crippen molar-refractivity contribution in [1.82, 2.24) is 10.6 Å². The summed E-state index contributed by atoms with van der Waals surface area (Å²) in [6.07, 6.45) is 2.09. The molecule has 1 amide bonds. The minimum Gasteiger partial charge on any atom is -0.354 e. The van der Waals surface area contributed by atoms with Crippen LogP contribution in [0, 0.1) is 0 Å². The van der Waals surface area contributed by atoms with Gasteiger partial charge in [-0.05, 0) is 13.0 Å². The van der Waals surface area contributed by atoms with Gasteiger partial charge in [-0.15, -0.1) is 0 Å². The zero-order chi connectivity index (χ0) is 9.90.